The standard InChI is InChI=1S/C21H25N3O3/c1-25-17-11-19(27-3)18(26-2)10-14(17)20-13-8-6-4-5-7-9-16(13)24-21(23)15(20)12-22/h10-11H,4-9H2,1-3H3,(H2,23,24). The molecule has 142 valence electrons. The molecule has 1 aliphatic carbocycles. The van der Waals surface area contributed by atoms with Crippen molar-refractivity contribution in [1.29, 1.82) is 5.26 Å². The van der Waals surface area contributed by atoms with Crippen molar-refractivity contribution in [3.05, 3.63) is 29.0 Å². The molecule has 0 amide bonds. The van der Waals surface area contributed by atoms with Crippen LogP contribution in [0.5, 0.6) is 17.2 Å². The number of ether oxygens (including phenoxy) is 3. The quantitative estimate of drug-likeness (QED) is 0.882. The van der Waals surface area contributed by atoms with Crippen LogP contribution in [-0.4, -0.2) is 26.3 Å². The Bertz CT molecular complexity index is 887. The SMILES string of the molecule is COc1cc(OC)c(-c2c(C#N)c(N)nc3c2CCCCCC3)cc1OC. The molecule has 1 aromatic heterocycles. The third kappa shape index (κ3) is 3.50. The van der Waals surface area contributed by atoms with Crippen molar-refractivity contribution >= 4 is 5.82 Å². The van der Waals surface area contributed by atoms with Crippen LogP contribution in [0.2, 0.25) is 0 Å². The second-order valence-electron chi connectivity index (χ2n) is 6.61. The number of aryl methyl sites for hydroxylation is 1. The lowest BCUT2D eigenvalue weighted by atomic mass is 9.87. The van der Waals surface area contributed by atoms with Gasteiger partial charge in [0.25, 0.3) is 0 Å². The number of nitrogens with two attached hydrogens (primary N) is 1. The van der Waals surface area contributed by atoms with Crippen molar-refractivity contribution < 1.29 is 14.2 Å². The van der Waals surface area contributed by atoms with Crippen LogP contribution in [0.4, 0.5) is 5.82 Å². The van der Waals surface area contributed by atoms with Crippen molar-refractivity contribution in [3.63, 3.8) is 0 Å². The van der Waals surface area contributed by atoms with Crippen LogP contribution in [0.1, 0.15) is 42.5 Å². The summed E-state index contributed by atoms with van der Waals surface area (Å²) >= 11 is 0. The number of pyridine rings is 1. The Morgan fingerprint density at radius 3 is 2.19 bits per heavy atom. The number of nitriles is 1. The highest BCUT2D eigenvalue weighted by atomic mass is 16.5. The van der Waals surface area contributed by atoms with Gasteiger partial charge in [-0.1, -0.05) is 12.8 Å². The zero-order chi connectivity index (χ0) is 19.4. The van der Waals surface area contributed by atoms with E-state index in [2.05, 4.69) is 11.1 Å². The van der Waals surface area contributed by atoms with Crippen molar-refractivity contribution in [2.45, 2.75) is 38.5 Å². The first-order valence-corrected chi connectivity index (χ1v) is 9.16. The van der Waals surface area contributed by atoms with Gasteiger partial charge in [0.2, 0.25) is 0 Å². The van der Waals surface area contributed by atoms with E-state index < -0.39 is 0 Å². The minimum atomic E-state index is 0.267. The van der Waals surface area contributed by atoms with Gasteiger partial charge in [-0.3, -0.25) is 0 Å². The van der Waals surface area contributed by atoms with Gasteiger partial charge in [0.1, 0.15) is 23.2 Å². The Kier molecular flexibility index (Phi) is 5.70. The van der Waals surface area contributed by atoms with Crippen LogP contribution >= 0.6 is 0 Å². The highest BCUT2D eigenvalue weighted by Gasteiger charge is 2.24. The molecule has 0 atom stereocenters. The molecule has 0 saturated heterocycles. The largest absolute Gasteiger partial charge is 0.496 e. The summed E-state index contributed by atoms with van der Waals surface area (Å²) in [5, 5.41) is 9.81. The fraction of sp³-hybridized carbons (Fsp3) is 0.429. The van der Waals surface area contributed by atoms with E-state index in [4.69, 9.17) is 19.9 Å². The number of fused-ring (bicyclic) bond motifs is 1. The smallest absolute Gasteiger partial charge is 0.164 e. The Morgan fingerprint density at radius 2 is 1.56 bits per heavy atom. The Balaban J connectivity index is 2.34. The topological polar surface area (TPSA) is 90.4 Å². The fourth-order valence-electron chi connectivity index (χ4n) is 3.75. The Morgan fingerprint density at radius 1 is 0.926 bits per heavy atom. The summed E-state index contributed by atoms with van der Waals surface area (Å²) in [5.74, 6) is 2.02. The summed E-state index contributed by atoms with van der Waals surface area (Å²) in [5.41, 5.74) is 10.2. The van der Waals surface area contributed by atoms with Gasteiger partial charge in [-0.05, 0) is 37.3 Å². The molecule has 0 radical (unpaired) electrons. The molecule has 2 aromatic rings. The van der Waals surface area contributed by atoms with E-state index in [1.807, 2.05) is 6.07 Å². The molecule has 2 N–H and O–H groups in total. The maximum absolute atomic E-state index is 9.81. The van der Waals surface area contributed by atoms with Gasteiger partial charge in [-0.2, -0.15) is 5.26 Å². The highest BCUT2D eigenvalue weighted by Crippen LogP contribution is 2.44. The van der Waals surface area contributed by atoms with Crippen LogP contribution < -0.4 is 19.9 Å². The number of hydrogen-bond acceptors (Lipinski definition) is 6. The molecule has 1 aliphatic rings. The summed E-state index contributed by atoms with van der Waals surface area (Å²) in [6.45, 7) is 0. The zero-order valence-electron chi connectivity index (χ0n) is 16.1. The molecule has 0 unspecified atom stereocenters. The summed E-state index contributed by atoms with van der Waals surface area (Å²) < 4.78 is 16.5. The minimum Gasteiger partial charge on any atom is -0.496 e. The summed E-state index contributed by atoms with van der Waals surface area (Å²) in [4.78, 5) is 4.56. The van der Waals surface area contributed by atoms with Crippen LogP contribution in [0.15, 0.2) is 12.1 Å². The lowest BCUT2D eigenvalue weighted by Gasteiger charge is -2.22. The first-order chi connectivity index (χ1) is 13.1. The van der Waals surface area contributed by atoms with Crippen molar-refractivity contribution in [2.24, 2.45) is 0 Å². The predicted octanol–water partition coefficient (Wildman–Crippen LogP) is 3.89. The van der Waals surface area contributed by atoms with E-state index in [0.29, 0.717) is 22.8 Å². The van der Waals surface area contributed by atoms with Crippen molar-refractivity contribution in [1.82, 2.24) is 4.98 Å². The lowest BCUT2D eigenvalue weighted by molar-refractivity contribution is 0.349. The maximum atomic E-state index is 9.81. The molecule has 0 bridgehead atoms. The van der Waals surface area contributed by atoms with Crippen molar-refractivity contribution in [2.75, 3.05) is 27.1 Å². The first-order valence-electron chi connectivity index (χ1n) is 9.16. The number of methoxy groups -OCH3 is 3. The molecule has 3 rings (SSSR count). The van der Waals surface area contributed by atoms with E-state index in [1.54, 1.807) is 27.4 Å². The number of hydrogen-bond donors (Lipinski definition) is 1. The van der Waals surface area contributed by atoms with Gasteiger partial charge in [-0.25, -0.2) is 4.98 Å². The van der Waals surface area contributed by atoms with Gasteiger partial charge in [0, 0.05) is 22.9 Å². The summed E-state index contributed by atoms with van der Waals surface area (Å²) in [6.07, 6.45) is 6.24. The molecular formula is C21H25N3O3. The molecule has 0 aliphatic heterocycles. The van der Waals surface area contributed by atoms with Crippen LogP contribution in [-0.2, 0) is 12.8 Å². The number of nitrogen functional groups attached to an aromatic ring is 1. The number of nitrogens with zero attached hydrogens (tertiary/aromatic N) is 2. The molecule has 6 nitrogen and oxygen atoms in total. The zero-order valence-corrected chi connectivity index (χ0v) is 16.1. The number of benzene rings is 1. The van der Waals surface area contributed by atoms with E-state index in [9.17, 15) is 5.26 Å². The molecule has 1 aromatic carbocycles. The molecular weight excluding hydrogens is 342 g/mol. The van der Waals surface area contributed by atoms with Crippen LogP contribution in [0, 0.1) is 11.3 Å². The van der Waals surface area contributed by atoms with Gasteiger partial charge in [0.15, 0.2) is 11.5 Å². The van der Waals surface area contributed by atoms with Crippen LogP contribution in [0.25, 0.3) is 11.1 Å². The summed E-state index contributed by atoms with van der Waals surface area (Å²) in [7, 11) is 4.77. The van der Waals surface area contributed by atoms with E-state index in [-0.39, 0.29) is 5.82 Å². The Labute approximate surface area is 159 Å². The lowest BCUT2D eigenvalue weighted by Crippen LogP contribution is -2.10. The van der Waals surface area contributed by atoms with Gasteiger partial charge >= 0.3 is 0 Å². The number of rotatable bonds is 4. The molecule has 0 saturated carbocycles. The predicted molar refractivity (Wildman–Crippen MR) is 104 cm³/mol. The first kappa shape index (κ1) is 18.8. The normalized spacial score (nSPS) is 13.7. The third-order valence-corrected chi connectivity index (χ3v) is 5.09. The van der Waals surface area contributed by atoms with Gasteiger partial charge in [0.05, 0.1) is 21.3 Å². The molecule has 0 spiro atoms. The second-order valence-corrected chi connectivity index (χ2v) is 6.61. The molecule has 27 heavy (non-hydrogen) atoms. The molecule has 1 heterocycles. The van der Waals surface area contributed by atoms with E-state index in [1.165, 1.54) is 12.8 Å². The average molecular weight is 367 g/mol. The maximum Gasteiger partial charge on any atom is 0.164 e. The van der Waals surface area contributed by atoms with E-state index in [0.717, 1.165) is 48.1 Å². The molecule has 0 fully saturated rings. The Hall–Kier alpha value is -2.94. The molecule has 6 heteroatoms. The van der Waals surface area contributed by atoms with Gasteiger partial charge in [-0.15, -0.1) is 0 Å². The monoisotopic (exact) mass is 367 g/mol. The summed E-state index contributed by atoms with van der Waals surface area (Å²) in [6, 6.07) is 5.88. The third-order valence-electron chi connectivity index (χ3n) is 5.09. The van der Waals surface area contributed by atoms with E-state index >= 15 is 0 Å². The average Bonchev–Trinajstić information content (AvgIpc) is 2.67. The van der Waals surface area contributed by atoms with Crippen molar-refractivity contribution in [3.8, 4) is 34.4 Å². The minimum absolute atomic E-state index is 0.267. The van der Waals surface area contributed by atoms with Gasteiger partial charge < -0.3 is 19.9 Å². The van der Waals surface area contributed by atoms with Crippen LogP contribution in [0.3, 0.4) is 0 Å². The fourth-order valence-corrected chi connectivity index (χ4v) is 3.75. The second kappa shape index (κ2) is 8.17. The highest BCUT2D eigenvalue weighted by molar-refractivity contribution is 5.84. The number of aromatic nitrogens is 1. The number of anilines is 1.